The summed E-state index contributed by atoms with van der Waals surface area (Å²) in [5.41, 5.74) is 14.2. The van der Waals surface area contributed by atoms with Gasteiger partial charge in [0.05, 0.1) is 11.5 Å². The summed E-state index contributed by atoms with van der Waals surface area (Å²) in [6, 6.07) is 54.0. The third-order valence-electron chi connectivity index (χ3n) is 12.9. The largest absolute Gasteiger partial charge is 0.302 e. The molecule has 284 valence electrons. The zero-order chi connectivity index (χ0) is 39.6. The van der Waals surface area contributed by atoms with Crippen LogP contribution in [0.3, 0.4) is 0 Å². The summed E-state index contributed by atoms with van der Waals surface area (Å²) in [4.78, 5) is 22.6. The molecule has 1 aliphatic heterocycles. The number of nitrogens with zero attached hydrogens (tertiary/aromatic N) is 5. The monoisotopic (exact) mass is 769 g/mol. The molecule has 6 aromatic carbocycles. The maximum Gasteiger partial charge on any atom is 0.234 e. The first-order valence-electron chi connectivity index (χ1n) is 20.9. The van der Waals surface area contributed by atoms with Crippen LogP contribution in [0.2, 0.25) is 0 Å². The number of hydrogen-bond acceptors (Lipinski definition) is 5. The molecule has 3 unspecified atom stereocenters. The van der Waals surface area contributed by atoms with Gasteiger partial charge in [-0.1, -0.05) is 182 Å². The highest BCUT2D eigenvalue weighted by molar-refractivity contribution is 5.99. The predicted molar refractivity (Wildman–Crippen MR) is 243 cm³/mol. The van der Waals surface area contributed by atoms with Crippen LogP contribution >= 0.6 is 0 Å². The van der Waals surface area contributed by atoms with Gasteiger partial charge in [-0.3, -0.25) is 4.98 Å². The fourth-order valence-electron chi connectivity index (χ4n) is 10.4. The molecule has 5 nitrogen and oxygen atoms in total. The number of rotatable bonds is 6. The molecule has 4 aliphatic rings. The molecule has 12 rings (SSSR count). The normalized spacial score (nSPS) is 19.6. The number of hydrogen-bond donors (Lipinski definition) is 0. The molecular weight excluding hydrogens is 731 g/mol. The molecule has 60 heavy (non-hydrogen) atoms. The molecule has 3 atom stereocenters. The first-order chi connectivity index (χ1) is 29.8. The van der Waals surface area contributed by atoms with Crippen molar-refractivity contribution in [3.63, 3.8) is 0 Å². The van der Waals surface area contributed by atoms with Gasteiger partial charge in [0, 0.05) is 35.1 Å². The average Bonchev–Trinajstić information content (AvgIpc) is 3.83. The van der Waals surface area contributed by atoms with Gasteiger partial charge in [-0.05, 0) is 80.3 Å². The van der Waals surface area contributed by atoms with E-state index >= 15 is 0 Å². The Labute approximate surface area is 349 Å². The number of anilines is 2. The Balaban J connectivity index is 1.06. The molecule has 5 heteroatoms. The second-order valence-corrected chi connectivity index (χ2v) is 16.0. The third kappa shape index (κ3) is 5.18. The molecule has 0 bridgehead atoms. The van der Waals surface area contributed by atoms with Crippen molar-refractivity contribution in [2.24, 2.45) is 0 Å². The summed E-state index contributed by atoms with van der Waals surface area (Å²) in [7, 11) is 0. The Morgan fingerprint density at radius 2 is 1.37 bits per heavy atom. The standard InChI is InChI=1S/C55H39N5/c1-4-17-37(18-5-1)52-57-53(38-19-6-2-7-20-38)59-54(58-52)60-48-31-30-39(34-45(48)51-42-24-11-10-16-36(42)29-32-49(51)60)43-26-14-28-47-50(43)44-25-12-13-27-46(44)55(47,40-21-8-3-9-22-40)41-23-15-33-56-35-41/h1-8,10-21,23-35,45,48H,9,22H2. The van der Waals surface area contributed by atoms with Crippen LogP contribution in [0.4, 0.5) is 11.6 Å². The van der Waals surface area contributed by atoms with Gasteiger partial charge in [0.25, 0.3) is 0 Å². The van der Waals surface area contributed by atoms with Crippen LogP contribution in [0.5, 0.6) is 0 Å². The number of allylic oxidation sites excluding steroid dienone is 6. The molecule has 8 aromatic rings. The highest BCUT2D eigenvalue weighted by Gasteiger charge is 2.48. The van der Waals surface area contributed by atoms with E-state index in [-0.39, 0.29) is 12.0 Å². The SMILES string of the molecule is C1=CCCC(C2(c3cccnc3)c3ccccc3-c3c(C4=CC5c6c(ccc7ccccc67)N(c6nc(-c7ccccc7)nc(-c7ccccc7)n6)C5C=C4)cccc32)=C1. The van der Waals surface area contributed by atoms with Crippen molar-refractivity contribution in [1.29, 1.82) is 0 Å². The van der Waals surface area contributed by atoms with Crippen molar-refractivity contribution < 1.29 is 0 Å². The van der Waals surface area contributed by atoms with E-state index in [4.69, 9.17) is 19.9 Å². The lowest BCUT2D eigenvalue weighted by molar-refractivity contribution is 0.689. The highest BCUT2D eigenvalue weighted by atomic mass is 15.3. The van der Waals surface area contributed by atoms with Crippen LogP contribution in [-0.2, 0) is 5.41 Å². The van der Waals surface area contributed by atoms with Gasteiger partial charge in [0.15, 0.2) is 11.6 Å². The van der Waals surface area contributed by atoms with Crippen molar-refractivity contribution in [3.05, 3.63) is 234 Å². The van der Waals surface area contributed by atoms with Crippen LogP contribution in [0.15, 0.2) is 206 Å². The lowest BCUT2D eigenvalue weighted by Gasteiger charge is -2.36. The van der Waals surface area contributed by atoms with Crippen molar-refractivity contribution in [3.8, 4) is 33.9 Å². The van der Waals surface area contributed by atoms with Gasteiger partial charge < -0.3 is 4.90 Å². The van der Waals surface area contributed by atoms with Crippen LogP contribution in [0, 0.1) is 0 Å². The average molecular weight is 770 g/mol. The molecule has 0 spiro atoms. The van der Waals surface area contributed by atoms with Gasteiger partial charge in [-0.15, -0.1) is 0 Å². The lowest BCUT2D eigenvalue weighted by atomic mass is 9.65. The molecular formula is C55H39N5. The smallest absolute Gasteiger partial charge is 0.234 e. The molecule has 0 fully saturated rings. The molecule has 0 amide bonds. The minimum absolute atomic E-state index is 0.0324. The zero-order valence-corrected chi connectivity index (χ0v) is 32.9. The first-order valence-corrected chi connectivity index (χ1v) is 20.9. The summed E-state index contributed by atoms with van der Waals surface area (Å²) in [6.07, 6.45) is 20.1. The van der Waals surface area contributed by atoms with Crippen molar-refractivity contribution >= 4 is 28.0 Å². The first kappa shape index (κ1) is 34.5. The zero-order valence-electron chi connectivity index (χ0n) is 32.9. The van der Waals surface area contributed by atoms with Gasteiger partial charge in [-0.2, -0.15) is 9.97 Å². The number of benzene rings is 6. The fourth-order valence-corrected chi connectivity index (χ4v) is 10.4. The Bertz CT molecular complexity index is 3050. The summed E-state index contributed by atoms with van der Waals surface area (Å²) < 4.78 is 0. The molecule has 0 saturated heterocycles. The maximum atomic E-state index is 5.25. The van der Waals surface area contributed by atoms with E-state index in [0.29, 0.717) is 17.6 Å². The molecule has 0 N–H and O–H groups in total. The molecule has 0 radical (unpaired) electrons. The Hall–Kier alpha value is -7.50. The van der Waals surface area contributed by atoms with Gasteiger partial charge in [-0.25, -0.2) is 4.98 Å². The van der Waals surface area contributed by atoms with Crippen LogP contribution in [0.1, 0.15) is 46.6 Å². The van der Waals surface area contributed by atoms with E-state index in [1.165, 1.54) is 60.9 Å². The van der Waals surface area contributed by atoms with Crippen molar-refractivity contribution in [1.82, 2.24) is 19.9 Å². The quantitative estimate of drug-likeness (QED) is 0.169. The van der Waals surface area contributed by atoms with E-state index in [9.17, 15) is 0 Å². The number of fused-ring (bicyclic) bond motifs is 8. The van der Waals surface area contributed by atoms with E-state index in [2.05, 4.69) is 163 Å². The van der Waals surface area contributed by atoms with Crippen molar-refractivity contribution in [2.45, 2.75) is 30.2 Å². The predicted octanol–water partition coefficient (Wildman–Crippen LogP) is 12.6. The van der Waals surface area contributed by atoms with E-state index < -0.39 is 5.41 Å². The van der Waals surface area contributed by atoms with Gasteiger partial charge in [0.2, 0.25) is 5.95 Å². The minimum atomic E-state index is -0.443. The second kappa shape index (κ2) is 13.8. The molecule has 2 aromatic heterocycles. The van der Waals surface area contributed by atoms with E-state index in [1.54, 1.807) is 0 Å². The summed E-state index contributed by atoms with van der Waals surface area (Å²) in [5, 5.41) is 2.47. The molecule has 3 heterocycles. The number of aromatic nitrogens is 4. The van der Waals surface area contributed by atoms with Crippen LogP contribution in [-0.4, -0.2) is 26.0 Å². The minimum Gasteiger partial charge on any atom is -0.302 e. The Morgan fingerprint density at radius 1 is 0.633 bits per heavy atom. The van der Waals surface area contributed by atoms with Crippen LogP contribution in [0.25, 0.3) is 50.2 Å². The maximum absolute atomic E-state index is 5.25. The van der Waals surface area contributed by atoms with E-state index in [1.807, 2.05) is 42.6 Å². The fraction of sp³-hybridized carbons (Fsp3) is 0.0909. The van der Waals surface area contributed by atoms with Gasteiger partial charge in [0.1, 0.15) is 0 Å². The van der Waals surface area contributed by atoms with Crippen LogP contribution < -0.4 is 4.90 Å². The van der Waals surface area contributed by atoms with E-state index in [0.717, 1.165) is 29.7 Å². The Kier molecular flexibility index (Phi) is 7.95. The summed E-state index contributed by atoms with van der Waals surface area (Å²) in [5.74, 6) is 1.98. The molecule has 0 saturated carbocycles. The Morgan fingerprint density at radius 3 is 2.13 bits per heavy atom. The topological polar surface area (TPSA) is 54.8 Å². The third-order valence-corrected chi connectivity index (χ3v) is 12.9. The summed E-state index contributed by atoms with van der Waals surface area (Å²) >= 11 is 0. The van der Waals surface area contributed by atoms with Gasteiger partial charge >= 0.3 is 0 Å². The van der Waals surface area contributed by atoms with Crippen molar-refractivity contribution in [2.75, 3.05) is 4.90 Å². The lowest BCUT2D eigenvalue weighted by Crippen LogP contribution is -2.31. The molecule has 3 aliphatic carbocycles. The highest BCUT2D eigenvalue weighted by Crippen LogP contribution is 2.60. The number of pyridine rings is 1. The second-order valence-electron chi connectivity index (χ2n) is 16.0. The summed E-state index contributed by atoms with van der Waals surface area (Å²) in [6.45, 7) is 0.